The van der Waals surface area contributed by atoms with Crippen LogP contribution in [0.25, 0.3) is 0 Å². The number of hydrogen-bond donors (Lipinski definition) is 2. The third kappa shape index (κ3) is 2.48. The van der Waals surface area contributed by atoms with Crippen molar-refractivity contribution in [2.45, 2.75) is 6.32 Å². The first-order chi connectivity index (χ1) is 5.59. The van der Waals surface area contributed by atoms with Gasteiger partial charge in [-0.3, -0.25) is 0 Å². The molecule has 0 bridgehead atoms. The summed E-state index contributed by atoms with van der Waals surface area (Å²) in [6.45, 7) is 0. The summed E-state index contributed by atoms with van der Waals surface area (Å²) in [5.74, 6) is -0.507. The topological polar surface area (TPSA) is 40.5 Å². The summed E-state index contributed by atoms with van der Waals surface area (Å²) in [4.78, 5) is 0. The molecule has 0 aromatic heterocycles. The molecule has 0 aliphatic rings. The quantitative estimate of drug-likeness (QED) is 0.681. The van der Waals surface area contributed by atoms with E-state index in [4.69, 9.17) is 21.6 Å². The van der Waals surface area contributed by atoms with Crippen LogP contribution in [-0.2, 0) is 6.32 Å². The Hall–Kier alpha value is -0.575. The van der Waals surface area contributed by atoms with Gasteiger partial charge in [0, 0.05) is 6.32 Å². The zero-order valence-corrected chi connectivity index (χ0v) is 6.92. The van der Waals surface area contributed by atoms with E-state index in [2.05, 4.69) is 0 Å². The lowest BCUT2D eigenvalue weighted by molar-refractivity contribution is 0.405. The fourth-order valence-corrected chi connectivity index (χ4v) is 1.08. The van der Waals surface area contributed by atoms with E-state index in [1.54, 1.807) is 0 Å². The molecule has 0 radical (unpaired) electrons. The Morgan fingerprint density at radius 2 is 2.08 bits per heavy atom. The fraction of sp³-hybridized carbons (Fsp3) is 0.143. The van der Waals surface area contributed by atoms with Gasteiger partial charge in [-0.2, -0.15) is 0 Å². The minimum atomic E-state index is -1.42. The molecule has 0 saturated heterocycles. The number of halogens is 2. The van der Waals surface area contributed by atoms with Crippen molar-refractivity contribution < 1.29 is 14.4 Å². The molecule has 1 rings (SSSR count). The molecule has 0 aliphatic carbocycles. The summed E-state index contributed by atoms with van der Waals surface area (Å²) in [5, 5.41) is 17.2. The van der Waals surface area contributed by atoms with Gasteiger partial charge in [-0.25, -0.2) is 4.39 Å². The second kappa shape index (κ2) is 3.89. The average Bonchev–Trinajstić information content (AvgIpc) is 1.96. The summed E-state index contributed by atoms with van der Waals surface area (Å²) in [6.07, 6.45) is 0.0556. The molecule has 0 saturated carbocycles. The Kier molecular flexibility index (Phi) is 3.09. The van der Waals surface area contributed by atoms with E-state index in [1.165, 1.54) is 18.2 Å². The third-order valence-corrected chi connectivity index (χ3v) is 1.69. The van der Waals surface area contributed by atoms with Crippen LogP contribution in [0, 0.1) is 5.82 Å². The lowest BCUT2D eigenvalue weighted by Crippen LogP contribution is -2.15. The van der Waals surface area contributed by atoms with E-state index in [1.807, 2.05) is 0 Å². The second-order valence-corrected chi connectivity index (χ2v) is 2.84. The molecule has 0 unspecified atom stereocenters. The molecule has 12 heavy (non-hydrogen) atoms. The summed E-state index contributed by atoms with van der Waals surface area (Å²) >= 11 is 5.46. The Balaban J connectivity index is 2.82. The SMILES string of the molecule is OB(O)Cc1ccc(F)c(Cl)c1. The number of hydrogen-bond acceptors (Lipinski definition) is 2. The van der Waals surface area contributed by atoms with Gasteiger partial charge in [0.2, 0.25) is 0 Å². The van der Waals surface area contributed by atoms with Crippen LogP contribution in [0.2, 0.25) is 5.02 Å². The van der Waals surface area contributed by atoms with E-state index >= 15 is 0 Å². The highest BCUT2D eigenvalue weighted by atomic mass is 35.5. The van der Waals surface area contributed by atoms with Crippen molar-refractivity contribution in [2.75, 3.05) is 0 Å². The lowest BCUT2D eigenvalue weighted by atomic mass is 9.82. The van der Waals surface area contributed by atoms with Crippen molar-refractivity contribution in [3.05, 3.63) is 34.6 Å². The first-order valence-corrected chi connectivity index (χ1v) is 3.77. The number of rotatable bonds is 2. The molecule has 1 aromatic carbocycles. The second-order valence-electron chi connectivity index (χ2n) is 2.43. The highest BCUT2D eigenvalue weighted by Crippen LogP contribution is 2.16. The van der Waals surface area contributed by atoms with Gasteiger partial charge in [0.25, 0.3) is 0 Å². The van der Waals surface area contributed by atoms with Crippen molar-refractivity contribution in [1.82, 2.24) is 0 Å². The number of benzene rings is 1. The Bertz CT molecular complexity index is 280. The smallest absolute Gasteiger partial charge is 0.427 e. The van der Waals surface area contributed by atoms with Crippen molar-refractivity contribution in [3.63, 3.8) is 0 Å². The largest absolute Gasteiger partial charge is 0.456 e. The maximum Gasteiger partial charge on any atom is 0.456 e. The summed E-state index contributed by atoms with van der Waals surface area (Å²) in [7, 11) is -1.42. The highest BCUT2D eigenvalue weighted by molar-refractivity contribution is 6.40. The molecule has 0 fully saturated rings. The van der Waals surface area contributed by atoms with Crippen molar-refractivity contribution >= 4 is 18.7 Å². The molecule has 0 atom stereocenters. The van der Waals surface area contributed by atoms with Gasteiger partial charge in [0.15, 0.2) is 0 Å². The lowest BCUT2D eigenvalue weighted by Gasteiger charge is -2.00. The van der Waals surface area contributed by atoms with Crippen LogP contribution < -0.4 is 0 Å². The van der Waals surface area contributed by atoms with Crippen molar-refractivity contribution in [1.29, 1.82) is 0 Å². The summed E-state index contributed by atoms with van der Waals surface area (Å²) in [6, 6.07) is 4.02. The first kappa shape index (κ1) is 9.51. The van der Waals surface area contributed by atoms with E-state index in [0.717, 1.165) is 0 Å². The van der Waals surface area contributed by atoms with Gasteiger partial charge < -0.3 is 10.0 Å². The van der Waals surface area contributed by atoms with Crippen LogP contribution in [-0.4, -0.2) is 17.2 Å². The molecule has 5 heteroatoms. The minimum Gasteiger partial charge on any atom is -0.427 e. The highest BCUT2D eigenvalue weighted by Gasteiger charge is 2.09. The van der Waals surface area contributed by atoms with E-state index in [0.29, 0.717) is 5.56 Å². The van der Waals surface area contributed by atoms with E-state index in [9.17, 15) is 4.39 Å². The van der Waals surface area contributed by atoms with Gasteiger partial charge in [0.05, 0.1) is 5.02 Å². The zero-order chi connectivity index (χ0) is 9.14. The van der Waals surface area contributed by atoms with Gasteiger partial charge in [0.1, 0.15) is 5.82 Å². The maximum absolute atomic E-state index is 12.6. The molecule has 1 aromatic rings. The molecular weight excluding hydrogens is 181 g/mol. The van der Waals surface area contributed by atoms with Gasteiger partial charge in [-0.15, -0.1) is 0 Å². The molecular formula is C7H7BClFO2. The van der Waals surface area contributed by atoms with Gasteiger partial charge in [-0.05, 0) is 17.7 Å². The van der Waals surface area contributed by atoms with Crippen LogP contribution in [0.4, 0.5) is 4.39 Å². The molecule has 2 nitrogen and oxygen atoms in total. The van der Waals surface area contributed by atoms with Crippen LogP contribution in [0.5, 0.6) is 0 Å². The molecule has 0 amide bonds. The average molecular weight is 188 g/mol. The zero-order valence-electron chi connectivity index (χ0n) is 6.17. The molecule has 2 N–H and O–H groups in total. The molecule has 0 spiro atoms. The van der Waals surface area contributed by atoms with Crippen molar-refractivity contribution in [2.24, 2.45) is 0 Å². The van der Waals surface area contributed by atoms with Crippen LogP contribution in [0.3, 0.4) is 0 Å². The Morgan fingerprint density at radius 1 is 1.42 bits per heavy atom. The van der Waals surface area contributed by atoms with Gasteiger partial charge in [-0.1, -0.05) is 17.7 Å². The van der Waals surface area contributed by atoms with Crippen LogP contribution in [0.1, 0.15) is 5.56 Å². The van der Waals surface area contributed by atoms with Crippen LogP contribution >= 0.6 is 11.6 Å². The van der Waals surface area contributed by atoms with Crippen molar-refractivity contribution in [3.8, 4) is 0 Å². The molecule has 64 valence electrons. The fourth-order valence-electron chi connectivity index (χ4n) is 0.877. The predicted octanol–water partition coefficient (Wildman–Crippen LogP) is 1.03. The predicted molar refractivity (Wildman–Crippen MR) is 45.3 cm³/mol. The van der Waals surface area contributed by atoms with E-state index < -0.39 is 12.9 Å². The summed E-state index contributed by atoms with van der Waals surface area (Å²) in [5.41, 5.74) is 0.594. The van der Waals surface area contributed by atoms with Crippen LogP contribution in [0.15, 0.2) is 18.2 Å². The minimum absolute atomic E-state index is 0.00634. The standard InChI is InChI=1S/C7H7BClFO2/c9-6-3-5(4-8(11)12)1-2-7(6)10/h1-3,11-12H,4H2. The van der Waals surface area contributed by atoms with Gasteiger partial charge >= 0.3 is 7.12 Å². The molecule has 0 aliphatic heterocycles. The Labute approximate surface area is 74.7 Å². The Morgan fingerprint density at radius 3 is 2.58 bits per heavy atom. The monoisotopic (exact) mass is 188 g/mol. The normalized spacial score (nSPS) is 10.0. The maximum atomic E-state index is 12.6. The third-order valence-electron chi connectivity index (χ3n) is 1.40. The first-order valence-electron chi connectivity index (χ1n) is 3.39. The molecule has 0 heterocycles. The summed E-state index contributed by atoms with van der Waals surface area (Å²) < 4.78 is 12.6. The van der Waals surface area contributed by atoms with E-state index in [-0.39, 0.29) is 11.3 Å².